The second-order valence-corrected chi connectivity index (χ2v) is 5.96. The van der Waals surface area contributed by atoms with Crippen LogP contribution in [-0.2, 0) is 25.6 Å². The molecule has 0 bridgehead atoms. The number of allylic oxidation sites excluding steroid dienone is 4. The van der Waals surface area contributed by atoms with Crippen LogP contribution >= 0.6 is 0 Å². The minimum atomic E-state index is -0.408. The molecule has 6 nitrogen and oxygen atoms in total. The fourth-order valence-corrected chi connectivity index (χ4v) is 2.82. The highest BCUT2D eigenvalue weighted by molar-refractivity contribution is 5.87. The number of pyridine rings is 1. The predicted octanol–water partition coefficient (Wildman–Crippen LogP) is 1.76. The van der Waals surface area contributed by atoms with Crippen molar-refractivity contribution < 1.29 is 19.1 Å². The smallest absolute Gasteiger partial charge is 0.343 e. The Bertz CT molecular complexity index is 724. The highest BCUT2D eigenvalue weighted by Gasteiger charge is 2.46. The normalized spacial score (nSPS) is 23.6. The van der Waals surface area contributed by atoms with E-state index in [1.807, 2.05) is 30.4 Å². The molecule has 1 aromatic heterocycles. The molecule has 0 aromatic carbocycles. The van der Waals surface area contributed by atoms with Gasteiger partial charge in [-0.05, 0) is 47.6 Å². The van der Waals surface area contributed by atoms with Crippen LogP contribution in [0.5, 0.6) is 0 Å². The van der Waals surface area contributed by atoms with Gasteiger partial charge >= 0.3 is 5.97 Å². The Kier molecular flexibility index (Phi) is 5.28. The molecule has 2 unspecified atom stereocenters. The molecule has 3 rings (SSSR count). The number of nitrogens with one attached hydrogen (secondary N) is 1. The highest BCUT2D eigenvalue weighted by atomic mass is 16.6. The zero-order chi connectivity index (χ0) is 17.6. The lowest BCUT2D eigenvalue weighted by Gasteiger charge is -2.07. The van der Waals surface area contributed by atoms with Crippen LogP contribution in [0.3, 0.4) is 0 Å². The number of hydrogen-bond acceptors (Lipinski definition) is 5. The van der Waals surface area contributed by atoms with Gasteiger partial charge in [-0.2, -0.15) is 0 Å². The summed E-state index contributed by atoms with van der Waals surface area (Å²) in [6.45, 7) is 0.362. The zero-order valence-electron chi connectivity index (χ0n) is 13.9. The molecule has 0 spiro atoms. The van der Waals surface area contributed by atoms with Crippen molar-refractivity contribution in [3.05, 3.63) is 66.2 Å². The molecule has 2 aliphatic carbocycles. The molecular weight excluding hydrogens is 320 g/mol. The molecule has 1 fully saturated rings. The van der Waals surface area contributed by atoms with Crippen molar-refractivity contribution in [2.45, 2.75) is 6.54 Å². The van der Waals surface area contributed by atoms with Gasteiger partial charge in [-0.15, -0.1) is 0 Å². The third-order valence-electron chi connectivity index (χ3n) is 4.28. The van der Waals surface area contributed by atoms with E-state index in [9.17, 15) is 9.59 Å². The van der Waals surface area contributed by atoms with Crippen molar-refractivity contribution in [1.29, 1.82) is 0 Å². The lowest BCUT2D eigenvalue weighted by molar-refractivity contribution is -0.144. The van der Waals surface area contributed by atoms with E-state index in [0.717, 1.165) is 5.56 Å². The minimum absolute atomic E-state index is 0.0959. The number of amides is 1. The number of rotatable bonds is 7. The number of nitrogens with zero attached hydrogens (tertiary/aromatic N) is 1. The Labute approximate surface area is 146 Å². The fraction of sp³-hybridized carbons (Fsp3) is 0.316. The van der Waals surface area contributed by atoms with Gasteiger partial charge in [-0.1, -0.05) is 18.2 Å². The van der Waals surface area contributed by atoms with Crippen molar-refractivity contribution in [2.75, 3.05) is 13.7 Å². The summed E-state index contributed by atoms with van der Waals surface area (Å²) in [4.78, 5) is 27.0. The van der Waals surface area contributed by atoms with Gasteiger partial charge in [-0.25, -0.2) is 4.79 Å². The third kappa shape index (κ3) is 4.56. The Morgan fingerprint density at radius 3 is 3.00 bits per heavy atom. The van der Waals surface area contributed by atoms with E-state index in [1.165, 1.54) is 7.11 Å². The van der Waals surface area contributed by atoms with E-state index in [0.29, 0.717) is 30.1 Å². The molecule has 130 valence electrons. The highest BCUT2D eigenvalue weighted by Crippen LogP contribution is 2.52. The molecule has 6 heteroatoms. The van der Waals surface area contributed by atoms with Crippen LogP contribution in [0, 0.1) is 17.8 Å². The number of carbonyl (C=O) groups excluding carboxylic acids is 2. The van der Waals surface area contributed by atoms with E-state index in [2.05, 4.69) is 21.1 Å². The number of methoxy groups -OCH3 is 1. The predicted molar refractivity (Wildman–Crippen MR) is 90.9 cm³/mol. The molecule has 0 radical (unpaired) electrons. The Balaban J connectivity index is 1.45. The number of esters is 1. The van der Waals surface area contributed by atoms with Gasteiger partial charge in [-0.3, -0.25) is 9.78 Å². The molecule has 1 saturated carbocycles. The van der Waals surface area contributed by atoms with Crippen molar-refractivity contribution >= 4 is 11.9 Å². The van der Waals surface area contributed by atoms with Crippen molar-refractivity contribution in [3.63, 3.8) is 0 Å². The molecule has 0 aliphatic heterocycles. The van der Waals surface area contributed by atoms with Crippen LogP contribution in [0.4, 0.5) is 0 Å². The average Bonchev–Trinajstić information content (AvgIpc) is 3.35. The number of ether oxygens (including phenoxy) is 2. The SMILES string of the molecule is COC(=O)COC1=CC2C(/C=C/C(=O)NCc3cccnc3)[C@H]2C=C1. The summed E-state index contributed by atoms with van der Waals surface area (Å²) in [5.74, 6) is 1.15. The van der Waals surface area contributed by atoms with E-state index < -0.39 is 5.97 Å². The molecule has 1 amide bonds. The molecule has 25 heavy (non-hydrogen) atoms. The summed E-state index contributed by atoms with van der Waals surface area (Å²) >= 11 is 0. The summed E-state index contributed by atoms with van der Waals surface area (Å²) in [7, 11) is 1.33. The second-order valence-electron chi connectivity index (χ2n) is 5.96. The van der Waals surface area contributed by atoms with Gasteiger partial charge in [0.15, 0.2) is 6.61 Å². The largest absolute Gasteiger partial charge is 0.482 e. The molecule has 1 heterocycles. The maximum Gasteiger partial charge on any atom is 0.343 e. The van der Waals surface area contributed by atoms with Gasteiger partial charge in [0, 0.05) is 18.9 Å². The van der Waals surface area contributed by atoms with Crippen LogP contribution in [0.25, 0.3) is 0 Å². The van der Waals surface area contributed by atoms with E-state index in [-0.39, 0.29) is 12.5 Å². The van der Waals surface area contributed by atoms with Crippen molar-refractivity contribution in [3.8, 4) is 0 Å². The van der Waals surface area contributed by atoms with Crippen LogP contribution in [0.2, 0.25) is 0 Å². The van der Waals surface area contributed by atoms with Gasteiger partial charge in [0.05, 0.1) is 7.11 Å². The van der Waals surface area contributed by atoms with E-state index >= 15 is 0 Å². The first-order chi connectivity index (χ1) is 12.2. The van der Waals surface area contributed by atoms with E-state index in [1.54, 1.807) is 18.5 Å². The van der Waals surface area contributed by atoms with Crippen LogP contribution in [0.15, 0.2) is 60.7 Å². The van der Waals surface area contributed by atoms with Crippen molar-refractivity contribution in [1.82, 2.24) is 10.3 Å². The summed E-state index contributed by atoms with van der Waals surface area (Å²) in [5.41, 5.74) is 0.961. The summed E-state index contributed by atoms with van der Waals surface area (Å²) in [5, 5.41) is 2.84. The number of fused-ring (bicyclic) bond motifs is 1. The molecule has 1 aromatic rings. The summed E-state index contributed by atoms with van der Waals surface area (Å²) < 4.78 is 9.93. The lowest BCUT2D eigenvalue weighted by atomic mass is 10.2. The zero-order valence-corrected chi connectivity index (χ0v) is 13.9. The molecular formula is C19H20N2O4. The van der Waals surface area contributed by atoms with E-state index in [4.69, 9.17) is 4.74 Å². The molecule has 1 N–H and O–H groups in total. The summed E-state index contributed by atoms with van der Waals surface area (Å²) in [6.07, 6.45) is 12.8. The first kappa shape index (κ1) is 17.0. The van der Waals surface area contributed by atoms with Gasteiger partial charge in [0.25, 0.3) is 0 Å². The Hall–Kier alpha value is -2.89. The van der Waals surface area contributed by atoms with Crippen LogP contribution < -0.4 is 5.32 Å². The minimum Gasteiger partial charge on any atom is -0.482 e. The second kappa shape index (κ2) is 7.79. The monoisotopic (exact) mass is 340 g/mol. The number of hydrogen-bond donors (Lipinski definition) is 1. The van der Waals surface area contributed by atoms with Crippen molar-refractivity contribution in [2.24, 2.45) is 17.8 Å². The first-order valence-electron chi connectivity index (χ1n) is 8.12. The standard InChI is InChI=1S/C19H20N2O4/c1-24-19(23)12-25-14-4-5-15-16(17(15)9-14)6-7-18(22)21-11-13-3-2-8-20-10-13/h2-10,15-17H,11-12H2,1H3,(H,21,22)/b7-6+/t15-,16?,17?/m1/s1. The Morgan fingerprint density at radius 1 is 1.36 bits per heavy atom. The molecule has 3 atom stereocenters. The Morgan fingerprint density at radius 2 is 2.24 bits per heavy atom. The first-order valence-corrected chi connectivity index (χ1v) is 8.12. The lowest BCUT2D eigenvalue weighted by Crippen LogP contribution is -2.20. The van der Waals surface area contributed by atoms with Gasteiger partial charge < -0.3 is 14.8 Å². The molecule has 2 aliphatic rings. The summed E-state index contributed by atoms with van der Waals surface area (Å²) in [6, 6.07) is 3.75. The topological polar surface area (TPSA) is 77.5 Å². The maximum atomic E-state index is 11.9. The number of carbonyl (C=O) groups is 2. The van der Waals surface area contributed by atoms with Crippen LogP contribution in [-0.4, -0.2) is 30.6 Å². The van der Waals surface area contributed by atoms with Crippen LogP contribution in [0.1, 0.15) is 5.56 Å². The third-order valence-corrected chi connectivity index (χ3v) is 4.28. The molecule has 0 saturated heterocycles. The average molecular weight is 340 g/mol. The quantitative estimate of drug-likeness (QED) is 0.604. The maximum absolute atomic E-state index is 11.9. The fourth-order valence-electron chi connectivity index (χ4n) is 2.82. The number of aromatic nitrogens is 1. The van der Waals surface area contributed by atoms with Gasteiger partial charge in [0.1, 0.15) is 5.76 Å². The van der Waals surface area contributed by atoms with Gasteiger partial charge in [0.2, 0.25) is 5.91 Å².